The maximum Gasteiger partial charge on any atom is 0.329 e. The fourth-order valence-electron chi connectivity index (χ4n) is 1.92. The molecule has 3 rings (SSSR count). The maximum absolute atomic E-state index is 10.8. The van der Waals surface area contributed by atoms with Gasteiger partial charge < -0.3 is 11.1 Å². The molecule has 0 saturated heterocycles. The maximum atomic E-state index is 10.8. The lowest BCUT2D eigenvalue weighted by Crippen LogP contribution is -2.13. The number of nitrogens with one attached hydrogen (secondary N) is 1. The number of aromatic nitrogens is 2. The minimum absolute atomic E-state index is 0.110. The van der Waals surface area contributed by atoms with Gasteiger partial charge in [0.1, 0.15) is 6.20 Å². The number of anilines is 2. The average Bonchev–Trinajstić information content (AvgIpc) is 3.18. The zero-order valence-corrected chi connectivity index (χ0v) is 12.8. The summed E-state index contributed by atoms with van der Waals surface area (Å²) in [6, 6.07) is 7.84. The molecule has 0 fully saturated rings. The van der Waals surface area contributed by atoms with Gasteiger partial charge in [0.25, 0.3) is 0 Å². The van der Waals surface area contributed by atoms with E-state index in [1.807, 2.05) is 35.0 Å². The number of rotatable bonds is 5. The van der Waals surface area contributed by atoms with E-state index < -0.39 is 4.92 Å². The Morgan fingerprint density at radius 2 is 1.86 bits per heavy atom. The summed E-state index contributed by atoms with van der Waals surface area (Å²) in [6.45, 7) is 0. The zero-order valence-electron chi connectivity index (χ0n) is 11.2. The van der Waals surface area contributed by atoms with Crippen LogP contribution in [0.4, 0.5) is 17.5 Å². The summed E-state index contributed by atoms with van der Waals surface area (Å²) in [6.07, 6.45) is 1.12. The van der Waals surface area contributed by atoms with Crippen molar-refractivity contribution in [2.75, 3.05) is 11.1 Å². The fraction of sp³-hybridized carbons (Fsp3) is 0.0769. The standard InChI is InChI=1S/C13H11N5O2S2/c14-12-8(18(19)20)7-15-13(17-12)16-11(9-3-1-5-21-9)10-4-2-6-22-10/h1-7,11H,(H3,14,15,16,17). The van der Waals surface area contributed by atoms with Gasteiger partial charge in [0, 0.05) is 9.75 Å². The molecule has 22 heavy (non-hydrogen) atoms. The van der Waals surface area contributed by atoms with Crippen LogP contribution in [0.15, 0.2) is 41.2 Å². The first-order chi connectivity index (χ1) is 10.6. The third-order valence-corrected chi connectivity index (χ3v) is 4.80. The topological polar surface area (TPSA) is 107 Å². The number of nitro groups is 1. The third kappa shape index (κ3) is 2.90. The molecule has 0 spiro atoms. The molecule has 0 radical (unpaired) electrons. The predicted octanol–water partition coefficient (Wildman–Crippen LogP) is 3.29. The molecule has 9 heteroatoms. The van der Waals surface area contributed by atoms with Crippen molar-refractivity contribution in [2.24, 2.45) is 0 Å². The van der Waals surface area contributed by atoms with Gasteiger partial charge >= 0.3 is 5.69 Å². The summed E-state index contributed by atoms with van der Waals surface area (Å²) in [5.74, 6) is 0.105. The molecular weight excluding hydrogens is 322 g/mol. The smallest absolute Gasteiger partial charge is 0.329 e. The molecule has 0 bridgehead atoms. The van der Waals surface area contributed by atoms with Crippen molar-refractivity contribution in [1.82, 2.24) is 9.97 Å². The Labute approximate surface area is 133 Å². The number of thiophene rings is 2. The molecule has 0 atom stereocenters. The van der Waals surface area contributed by atoms with E-state index in [9.17, 15) is 10.1 Å². The second kappa shape index (κ2) is 6.08. The summed E-state index contributed by atoms with van der Waals surface area (Å²) in [7, 11) is 0. The van der Waals surface area contributed by atoms with Crippen LogP contribution in [0.25, 0.3) is 0 Å². The van der Waals surface area contributed by atoms with Crippen LogP contribution in [0.1, 0.15) is 15.8 Å². The van der Waals surface area contributed by atoms with E-state index in [0.717, 1.165) is 16.0 Å². The van der Waals surface area contributed by atoms with E-state index in [-0.39, 0.29) is 23.5 Å². The Kier molecular flexibility index (Phi) is 3.98. The molecule has 0 aliphatic rings. The molecule has 3 N–H and O–H groups in total. The van der Waals surface area contributed by atoms with E-state index in [1.165, 1.54) is 0 Å². The molecule has 3 aromatic rings. The summed E-state index contributed by atoms with van der Waals surface area (Å²) >= 11 is 3.22. The van der Waals surface area contributed by atoms with Gasteiger partial charge in [-0.2, -0.15) is 4.98 Å². The highest BCUT2D eigenvalue weighted by Gasteiger charge is 2.20. The molecule has 7 nitrogen and oxygen atoms in total. The molecule has 3 heterocycles. The van der Waals surface area contributed by atoms with E-state index >= 15 is 0 Å². The molecule has 0 aliphatic carbocycles. The van der Waals surface area contributed by atoms with Crippen molar-refractivity contribution in [2.45, 2.75) is 6.04 Å². The van der Waals surface area contributed by atoms with Gasteiger partial charge in [-0.15, -0.1) is 22.7 Å². The molecule has 0 unspecified atom stereocenters. The molecule has 3 aromatic heterocycles. The van der Waals surface area contributed by atoms with E-state index in [4.69, 9.17) is 5.73 Å². The zero-order chi connectivity index (χ0) is 15.5. The Morgan fingerprint density at radius 1 is 1.23 bits per heavy atom. The summed E-state index contributed by atoms with van der Waals surface area (Å²) < 4.78 is 0. The van der Waals surface area contributed by atoms with Gasteiger partial charge in [0.2, 0.25) is 11.8 Å². The second-order valence-corrected chi connectivity index (χ2v) is 6.29. The second-order valence-electron chi connectivity index (χ2n) is 4.33. The fourth-order valence-corrected chi connectivity index (χ4v) is 3.58. The van der Waals surface area contributed by atoms with Crippen molar-refractivity contribution in [3.05, 3.63) is 61.1 Å². The van der Waals surface area contributed by atoms with Gasteiger partial charge in [0.15, 0.2) is 0 Å². The molecule has 0 aliphatic heterocycles. The highest BCUT2D eigenvalue weighted by molar-refractivity contribution is 7.11. The van der Waals surface area contributed by atoms with E-state index in [0.29, 0.717) is 0 Å². The van der Waals surface area contributed by atoms with Crippen molar-refractivity contribution < 1.29 is 4.92 Å². The third-order valence-electron chi connectivity index (χ3n) is 2.92. The molecule has 0 saturated carbocycles. The van der Waals surface area contributed by atoms with Gasteiger partial charge in [-0.3, -0.25) is 10.1 Å². The lowest BCUT2D eigenvalue weighted by molar-refractivity contribution is -0.384. The van der Waals surface area contributed by atoms with Crippen molar-refractivity contribution in [3.8, 4) is 0 Å². The van der Waals surface area contributed by atoms with Gasteiger partial charge in [-0.25, -0.2) is 4.98 Å². The van der Waals surface area contributed by atoms with Crippen LogP contribution in [-0.2, 0) is 0 Å². The summed E-state index contributed by atoms with van der Waals surface area (Å²) in [5, 5.41) is 17.9. The van der Waals surface area contributed by atoms with Crippen molar-refractivity contribution >= 4 is 40.1 Å². The van der Waals surface area contributed by atoms with Gasteiger partial charge in [-0.05, 0) is 22.9 Å². The highest BCUT2D eigenvalue weighted by atomic mass is 32.1. The van der Waals surface area contributed by atoms with Gasteiger partial charge in [0.05, 0.1) is 11.0 Å². The van der Waals surface area contributed by atoms with Crippen LogP contribution in [0.5, 0.6) is 0 Å². The largest absolute Gasteiger partial charge is 0.378 e. The lowest BCUT2D eigenvalue weighted by atomic mass is 10.2. The van der Waals surface area contributed by atoms with E-state index in [2.05, 4.69) is 15.3 Å². The lowest BCUT2D eigenvalue weighted by Gasteiger charge is -2.16. The van der Waals surface area contributed by atoms with E-state index in [1.54, 1.807) is 22.7 Å². The Bertz CT molecular complexity index is 740. The molecule has 0 aromatic carbocycles. The van der Waals surface area contributed by atoms with Crippen LogP contribution in [0, 0.1) is 10.1 Å². The minimum Gasteiger partial charge on any atom is -0.378 e. The first-order valence-electron chi connectivity index (χ1n) is 6.25. The Hall–Kier alpha value is -2.52. The summed E-state index contributed by atoms with van der Waals surface area (Å²) in [4.78, 5) is 20.3. The van der Waals surface area contributed by atoms with Crippen molar-refractivity contribution in [1.29, 1.82) is 0 Å². The summed E-state index contributed by atoms with van der Waals surface area (Å²) in [5.41, 5.74) is 5.31. The van der Waals surface area contributed by atoms with Crippen molar-refractivity contribution in [3.63, 3.8) is 0 Å². The van der Waals surface area contributed by atoms with Crippen LogP contribution in [0.2, 0.25) is 0 Å². The molecule has 112 valence electrons. The first-order valence-corrected chi connectivity index (χ1v) is 8.01. The quantitative estimate of drug-likeness (QED) is 0.548. The number of nitrogen functional groups attached to an aromatic ring is 1. The van der Waals surface area contributed by atoms with Crippen LogP contribution in [0.3, 0.4) is 0 Å². The number of nitrogens with zero attached hydrogens (tertiary/aromatic N) is 3. The Morgan fingerprint density at radius 3 is 2.32 bits per heavy atom. The first kappa shape index (κ1) is 14.4. The molecular formula is C13H11N5O2S2. The van der Waals surface area contributed by atoms with Crippen LogP contribution in [-0.4, -0.2) is 14.9 Å². The number of nitrogens with two attached hydrogens (primary N) is 1. The number of hydrogen-bond acceptors (Lipinski definition) is 8. The monoisotopic (exact) mass is 333 g/mol. The van der Waals surface area contributed by atoms with Crippen LogP contribution < -0.4 is 11.1 Å². The Balaban J connectivity index is 1.91. The minimum atomic E-state index is -0.602. The normalized spacial score (nSPS) is 10.8. The highest BCUT2D eigenvalue weighted by Crippen LogP contribution is 2.32. The molecule has 0 amide bonds. The SMILES string of the molecule is Nc1nc(NC(c2cccs2)c2cccs2)ncc1[N+](=O)[O-]. The van der Waals surface area contributed by atoms with Crippen LogP contribution >= 0.6 is 22.7 Å². The average molecular weight is 333 g/mol. The number of hydrogen-bond donors (Lipinski definition) is 2. The van der Waals surface area contributed by atoms with Gasteiger partial charge in [-0.1, -0.05) is 12.1 Å². The predicted molar refractivity (Wildman–Crippen MR) is 87.2 cm³/mol.